The van der Waals surface area contributed by atoms with Gasteiger partial charge < -0.3 is 15.4 Å². The molecule has 0 aromatic carbocycles. The van der Waals surface area contributed by atoms with Gasteiger partial charge in [-0.25, -0.2) is 0 Å². The first kappa shape index (κ1) is 13.9. The lowest BCUT2D eigenvalue weighted by Gasteiger charge is -2.25. The molecule has 0 amide bonds. The SMILES string of the molecule is CC(CN(C)CC1CCC(C)(C)O1)C(N)=S. The molecule has 1 aliphatic rings. The van der Waals surface area contributed by atoms with Gasteiger partial charge in [0, 0.05) is 19.0 Å². The molecule has 0 aromatic rings. The van der Waals surface area contributed by atoms with E-state index in [2.05, 4.69) is 32.7 Å². The van der Waals surface area contributed by atoms with Crippen molar-refractivity contribution in [1.29, 1.82) is 0 Å². The number of ether oxygens (including phenoxy) is 1. The van der Waals surface area contributed by atoms with Gasteiger partial charge in [-0.2, -0.15) is 0 Å². The lowest BCUT2D eigenvalue weighted by Crippen LogP contribution is -2.36. The summed E-state index contributed by atoms with van der Waals surface area (Å²) in [6, 6.07) is 0. The van der Waals surface area contributed by atoms with E-state index in [1.54, 1.807) is 0 Å². The van der Waals surface area contributed by atoms with Crippen molar-refractivity contribution in [2.45, 2.75) is 45.3 Å². The quantitative estimate of drug-likeness (QED) is 0.749. The second-order valence-electron chi connectivity index (χ2n) is 5.56. The number of thiocarbonyl (C=S) groups is 1. The molecule has 0 saturated carbocycles. The predicted octanol–water partition coefficient (Wildman–Crippen LogP) is 1.80. The molecule has 0 bridgehead atoms. The third-order valence-corrected chi connectivity index (χ3v) is 3.54. The minimum Gasteiger partial charge on any atom is -0.393 e. The van der Waals surface area contributed by atoms with Gasteiger partial charge in [0.25, 0.3) is 0 Å². The molecular formula is C12H24N2OS. The Balaban J connectivity index is 2.30. The summed E-state index contributed by atoms with van der Waals surface area (Å²) in [5.41, 5.74) is 5.66. The van der Waals surface area contributed by atoms with Gasteiger partial charge in [-0.05, 0) is 33.7 Å². The maximum Gasteiger partial charge on any atom is 0.0768 e. The number of hydrogen-bond donors (Lipinski definition) is 1. The van der Waals surface area contributed by atoms with E-state index < -0.39 is 0 Å². The van der Waals surface area contributed by atoms with E-state index in [1.807, 2.05) is 0 Å². The first-order valence-corrected chi connectivity index (χ1v) is 6.36. The summed E-state index contributed by atoms with van der Waals surface area (Å²) in [6.07, 6.45) is 2.66. The third-order valence-electron chi connectivity index (χ3n) is 3.14. The van der Waals surface area contributed by atoms with Gasteiger partial charge in [0.15, 0.2) is 0 Å². The van der Waals surface area contributed by atoms with Crippen molar-refractivity contribution in [3.8, 4) is 0 Å². The van der Waals surface area contributed by atoms with Gasteiger partial charge in [-0.1, -0.05) is 19.1 Å². The van der Waals surface area contributed by atoms with Crippen LogP contribution in [-0.2, 0) is 4.74 Å². The van der Waals surface area contributed by atoms with Crippen molar-refractivity contribution in [2.75, 3.05) is 20.1 Å². The zero-order valence-electron chi connectivity index (χ0n) is 10.8. The monoisotopic (exact) mass is 244 g/mol. The Labute approximate surface area is 104 Å². The first-order valence-electron chi connectivity index (χ1n) is 5.96. The second kappa shape index (κ2) is 5.43. The molecule has 4 heteroatoms. The normalized spacial score (nSPS) is 25.9. The summed E-state index contributed by atoms with van der Waals surface area (Å²) in [4.78, 5) is 2.86. The minimum absolute atomic E-state index is 0.0558. The van der Waals surface area contributed by atoms with E-state index in [1.165, 1.54) is 0 Å². The number of rotatable bonds is 5. The molecule has 2 unspecified atom stereocenters. The molecule has 0 aromatic heterocycles. The van der Waals surface area contributed by atoms with Gasteiger partial charge in [-0.15, -0.1) is 0 Å². The molecule has 1 aliphatic heterocycles. The highest BCUT2D eigenvalue weighted by Crippen LogP contribution is 2.29. The highest BCUT2D eigenvalue weighted by Gasteiger charge is 2.32. The molecule has 1 fully saturated rings. The smallest absolute Gasteiger partial charge is 0.0768 e. The molecule has 1 rings (SSSR count). The van der Waals surface area contributed by atoms with Crippen molar-refractivity contribution < 1.29 is 4.74 Å². The molecule has 3 nitrogen and oxygen atoms in total. The maximum absolute atomic E-state index is 5.96. The standard InChI is InChI=1S/C12H24N2OS/c1-9(11(13)16)7-14(4)8-10-5-6-12(2,3)15-10/h9-10H,5-8H2,1-4H3,(H2,13,16). The highest BCUT2D eigenvalue weighted by molar-refractivity contribution is 7.80. The lowest BCUT2D eigenvalue weighted by molar-refractivity contribution is -0.0264. The number of nitrogens with two attached hydrogens (primary N) is 1. The lowest BCUT2D eigenvalue weighted by atomic mass is 10.1. The van der Waals surface area contributed by atoms with Gasteiger partial charge in [-0.3, -0.25) is 0 Å². The minimum atomic E-state index is 0.0558. The number of hydrogen-bond acceptors (Lipinski definition) is 3. The first-order chi connectivity index (χ1) is 7.30. The van der Waals surface area contributed by atoms with Crippen LogP contribution in [0.4, 0.5) is 0 Å². The highest BCUT2D eigenvalue weighted by atomic mass is 32.1. The van der Waals surface area contributed by atoms with E-state index in [4.69, 9.17) is 22.7 Å². The zero-order valence-corrected chi connectivity index (χ0v) is 11.6. The molecule has 94 valence electrons. The Bertz CT molecular complexity index is 255. The van der Waals surface area contributed by atoms with E-state index >= 15 is 0 Å². The summed E-state index contributed by atoms with van der Waals surface area (Å²) in [6.45, 7) is 8.26. The fourth-order valence-corrected chi connectivity index (χ4v) is 2.26. The van der Waals surface area contributed by atoms with Gasteiger partial charge in [0.1, 0.15) is 0 Å². The van der Waals surface area contributed by atoms with Gasteiger partial charge in [0.2, 0.25) is 0 Å². The van der Waals surface area contributed by atoms with Crippen molar-refractivity contribution >= 4 is 17.2 Å². The Morgan fingerprint density at radius 1 is 1.62 bits per heavy atom. The van der Waals surface area contributed by atoms with Gasteiger partial charge in [0.05, 0.1) is 16.7 Å². The Hall–Kier alpha value is -0.190. The third kappa shape index (κ3) is 4.36. The molecule has 2 atom stereocenters. The summed E-state index contributed by atoms with van der Waals surface area (Å²) in [5, 5.41) is 0. The van der Waals surface area contributed by atoms with E-state index in [0.717, 1.165) is 25.9 Å². The fourth-order valence-electron chi connectivity index (χ4n) is 2.19. The van der Waals surface area contributed by atoms with Crippen LogP contribution in [0.15, 0.2) is 0 Å². The Kier molecular flexibility index (Phi) is 4.71. The van der Waals surface area contributed by atoms with Crippen LogP contribution in [0.2, 0.25) is 0 Å². The van der Waals surface area contributed by atoms with Crippen LogP contribution in [0, 0.1) is 5.92 Å². The zero-order chi connectivity index (χ0) is 12.3. The molecular weight excluding hydrogens is 220 g/mol. The van der Waals surface area contributed by atoms with Crippen LogP contribution >= 0.6 is 12.2 Å². The van der Waals surface area contributed by atoms with Crippen molar-refractivity contribution in [3.05, 3.63) is 0 Å². The van der Waals surface area contributed by atoms with Crippen LogP contribution < -0.4 is 5.73 Å². The molecule has 0 aliphatic carbocycles. The van der Waals surface area contributed by atoms with Crippen LogP contribution in [0.5, 0.6) is 0 Å². The molecule has 1 heterocycles. The summed E-state index contributed by atoms with van der Waals surface area (Å²) >= 11 is 4.98. The van der Waals surface area contributed by atoms with E-state index in [0.29, 0.717) is 11.1 Å². The van der Waals surface area contributed by atoms with E-state index in [9.17, 15) is 0 Å². The Morgan fingerprint density at radius 2 is 2.25 bits per heavy atom. The molecule has 0 radical (unpaired) electrons. The largest absolute Gasteiger partial charge is 0.393 e. The summed E-state index contributed by atoms with van der Waals surface area (Å²) in [7, 11) is 2.10. The van der Waals surface area contributed by atoms with Crippen LogP contribution in [-0.4, -0.2) is 41.7 Å². The molecule has 16 heavy (non-hydrogen) atoms. The predicted molar refractivity (Wildman–Crippen MR) is 71.6 cm³/mol. The molecule has 2 N–H and O–H groups in total. The van der Waals surface area contributed by atoms with Crippen LogP contribution in [0.3, 0.4) is 0 Å². The van der Waals surface area contributed by atoms with Crippen molar-refractivity contribution in [1.82, 2.24) is 4.90 Å². The topological polar surface area (TPSA) is 38.5 Å². The van der Waals surface area contributed by atoms with E-state index in [-0.39, 0.29) is 11.5 Å². The maximum atomic E-state index is 5.96. The Morgan fingerprint density at radius 3 is 2.69 bits per heavy atom. The number of nitrogens with zero attached hydrogens (tertiary/aromatic N) is 1. The summed E-state index contributed by atoms with van der Waals surface area (Å²) in [5.74, 6) is 0.273. The average molecular weight is 244 g/mol. The summed E-state index contributed by atoms with van der Waals surface area (Å²) < 4.78 is 5.96. The van der Waals surface area contributed by atoms with Crippen molar-refractivity contribution in [2.24, 2.45) is 11.7 Å². The van der Waals surface area contributed by atoms with Crippen molar-refractivity contribution in [3.63, 3.8) is 0 Å². The fraction of sp³-hybridized carbons (Fsp3) is 0.917. The second-order valence-corrected chi connectivity index (χ2v) is 6.03. The molecule has 0 spiro atoms. The van der Waals surface area contributed by atoms with Gasteiger partial charge >= 0.3 is 0 Å². The number of likely N-dealkylation sites (N-methyl/N-ethyl adjacent to an activating group) is 1. The van der Waals surface area contributed by atoms with Crippen LogP contribution in [0.1, 0.15) is 33.6 Å². The van der Waals surface area contributed by atoms with Crippen LogP contribution in [0.25, 0.3) is 0 Å². The molecule has 1 saturated heterocycles. The average Bonchev–Trinajstić information content (AvgIpc) is 2.44.